The van der Waals surface area contributed by atoms with Gasteiger partial charge in [-0.2, -0.15) is 0 Å². The van der Waals surface area contributed by atoms with Crippen LogP contribution >= 0.6 is 0 Å². The maximum Gasteiger partial charge on any atom is 0.194 e. The van der Waals surface area contributed by atoms with E-state index in [9.17, 15) is 0 Å². The summed E-state index contributed by atoms with van der Waals surface area (Å²) >= 11 is 0. The lowest BCUT2D eigenvalue weighted by atomic mass is 10.1. The highest BCUT2D eigenvalue weighted by Crippen LogP contribution is 2.13. The third-order valence-electron chi connectivity index (χ3n) is 5.15. The van der Waals surface area contributed by atoms with Crippen molar-refractivity contribution in [1.29, 1.82) is 0 Å². The van der Waals surface area contributed by atoms with Crippen molar-refractivity contribution in [3.8, 4) is 0 Å². The average Bonchev–Trinajstić information content (AvgIpc) is 3.37. The van der Waals surface area contributed by atoms with Gasteiger partial charge in [0.15, 0.2) is 5.96 Å². The van der Waals surface area contributed by atoms with Crippen LogP contribution in [0.2, 0.25) is 0 Å². The van der Waals surface area contributed by atoms with Crippen molar-refractivity contribution in [1.82, 2.24) is 25.0 Å². The van der Waals surface area contributed by atoms with Crippen LogP contribution in [0.5, 0.6) is 0 Å². The Labute approximate surface area is 167 Å². The van der Waals surface area contributed by atoms with Gasteiger partial charge in [-0.15, -0.1) is 10.2 Å². The van der Waals surface area contributed by atoms with Crippen LogP contribution < -0.4 is 5.32 Å². The molecule has 0 spiro atoms. The molecule has 0 amide bonds. The molecule has 1 aromatic heterocycles. The third kappa shape index (κ3) is 5.55. The summed E-state index contributed by atoms with van der Waals surface area (Å²) in [6.07, 6.45) is 5.15. The molecule has 1 atom stereocenters. The van der Waals surface area contributed by atoms with Crippen LogP contribution in [0.3, 0.4) is 0 Å². The Balaban J connectivity index is 1.63. The number of nitrogens with one attached hydrogen (secondary N) is 1. The summed E-state index contributed by atoms with van der Waals surface area (Å²) in [7, 11) is 2.09. The Morgan fingerprint density at radius 3 is 3.00 bits per heavy atom. The number of rotatable bonds is 8. The molecule has 0 saturated carbocycles. The van der Waals surface area contributed by atoms with E-state index in [0.29, 0.717) is 6.54 Å². The third-order valence-corrected chi connectivity index (χ3v) is 5.15. The molecule has 3 rings (SSSR count). The highest BCUT2D eigenvalue weighted by atomic mass is 16.5. The van der Waals surface area contributed by atoms with Crippen LogP contribution in [-0.4, -0.2) is 58.5 Å². The predicted molar refractivity (Wildman–Crippen MR) is 111 cm³/mol. The van der Waals surface area contributed by atoms with Crippen LogP contribution in [-0.2, 0) is 24.2 Å². The summed E-state index contributed by atoms with van der Waals surface area (Å²) in [4.78, 5) is 7.04. The van der Waals surface area contributed by atoms with Crippen LogP contribution in [0.15, 0.2) is 35.6 Å². The van der Waals surface area contributed by atoms with Gasteiger partial charge in [0.25, 0.3) is 0 Å². The topological polar surface area (TPSA) is 67.6 Å². The average molecular weight is 385 g/mol. The molecule has 2 heterocycles. The van der Waals surface area contributed by atoms with E-state index >= 15 is 0 Å². The largest absolute Gasteiger partial charge is 0.376 e. The summed E-state index contributed by atoms with van der Waals surface area (Å²) in [6, 6.07) is 8.49. The molecule has 152 valence electrons. The summed E-state index contributed by atoms with van der Waals surface area (Å²) in [5.74, 6) is 1.91. The Hall–Kier alpha value is -2.41. The minimum absolute atomic E-state index is 0.244. The standard InChI is InChI=1S/C21H32N6O/c1-4-20-25-24-16-27(20)12-11-22-21(23-14-19-10-7-13-28-19)26(3)15-18-9-6-5-8-17(18)2/h5-6,8-9,16,19H,4,7,10-15H2,1-3H3,(H,22,23). The maximum absolute atomic E-state index is 5.74. The lowest BCUT2D eigenvalue weighted by Gasteiger charge is -2.24. The SMILES string of the molecule is CCc1nncn1CCNC(=NCC1CCCO1)N(C)Cc1ccccc1C. The van der Waals surface area contributed by atoms with E-state index < -0.39 is 0 Å². The number of aliphatic imine (C=N–C) groups is 1. The Morgan fingerprint density at radius 2 is 2.25 bits per heavy atom. The van der Waals surface area contributed by atoms with Gasteiger partial charge in [-0.3, -0.25) is 4.99 Å². The number of benzene rings is 1. The van der Waals surface area contributed by atoms with Crippen molar-refractivity contribution in [2.75, 3.05) is 26.7 Å². The number of nitrogens with zero attached hydrogens (tertiary/aromatic N) is 5. The van der Waals surface area contributed by atoms with Crippen molar-refractivity contribution in [2.45, 2.75) is 52.3 Å². The molecule has 0 radical (unpaired) electrons. The fourth-order valence-electron chi connectivity index (χ4n) is 3.43. The van der Waals surface area contributed by atoms with Gasteiger partial charge in [0.2, 0.25) is 0 Å². The van der Waals surface area contributed by atoms with Gasteiger partial charge in [0, 0.05) is 39.7 Å². The minimum atomic E-state index is 0.244. The number of aromatic nitrogens is 3. The molecule has 0 aliphatic carbocycles. The zero-order valence-electron chi connectivity index (χ0n) is 17.3. The molecule has 1 N–H and O–H groups in total. The summed E-state index contributed by atoms with van der Waals surface area (Å²) in [5.41, 5.74) is 2.61. The first-order valence-electron chi connectivity index (χ1n) is 10.2. The zero-order valence-corrected chi connectivity index (χ0v) is 17.3. The Morgan fingerprint density at radius 1 is 1.39 bits per heavy atom. The number of hydrogen-bond acceptors (Lipinski definition) is 4. The molecule has 1 aromatic carbocycles. The number of ether oxygens (including phenoxy) is 1. The molecular weight excluding hydrogens is 352 g/mol. The first kappa shape index (κ1) is 20.3. The fraction of sp³-hybridized carbons (Fsp3) is 0.571. The highest BCUT2D eigenvalue weighted by Gasteiger charge is 2.16. The van der Waals surface area contributed by atoms with Crippen molar-refractivity contribution in [3.63, 3.8) is 0 Å². The fourth-order valence-corrected chi connectivity index (χ4v) is 3.43. The highest BCUT2D eigenvalue weighted by molar-refractivity contribution is 5.79. The molecule has 0 bridgehead atoms. The van der Waals surface area contributed by atoms with Gasteiger partial charge in [0.1, 0.15) is 12.2 Å². The summed E-state index contributed by atoms with van der Waals surface area (Å²) in [5, 5.41) is 11.7. The van der Waals surface area contributed by atoms with E-state index in [2.05, 4.69) is 70.1 Å². The summed E-state index contributed by atoms with van der Waals surface area (Å²) in [6.45, 7) is 8.21. The van der Waals surface area contributed by atoms with Crippen molar-refractivity contribution < 1.29 is 4.74 Å². The van der Waals surface area contributed by atoms with Gasteiger partial charge in [-0.1, -0.05) is 31.2 Å². The molecule has 1 fully saturated rings. The Bertz CT molecular complexity index is 766. The molecule has 1 saturated heterocycles. The second-order valence-electron chi connectivity index (χ2n) is 7.30. The number of aryl methyl sites for hydroxylation is 2. The molecular formula is C21H32N6O. The molecule has 2 aromatic rings. The lowest BCUT2D eigenvalue weighted by Crippen LogP contribution is -2.40. The number of guanidine groups is 1. The van der Waals surface area contributed by atoms with Gasteiger partial charge in [-0.05, 0) is 30.9 Å². The van der Waals surface area contributed by atoms with Crippen LogP contribution in [0.1, 0.15) is 36.7 Å². The lowest BCUT2D eigenvalue weighted by molar-refractivity contribution is 0.117. The van der Waals surface area contributed by atoms with Gasteiger partial charge in [0.05, 0.1) is 12.6 Å². The van der Waals surface area contributed by atoms with E-state index in [4.69, 9.17) is 9.73 Å². The zero-order chi connectivity index (χ0) is 19.8. The van der Waals surface area contributed by atoms with Crippen LogP contribution in [0, 0.1) is 6.92 Å². The van der Waals surface area contributed by atoms with E-state index in [-0.39, 0.29) is 6.10 Å². The number of hydrogen-bond donors (Lipinski definition) is 1. The first-order valence-corrected chi connectivity index (χ1v) is 10.2. The van der Waals surface area contributed by atoms with Gasteiger partial charge >= 0.3 is 0 Å². The quantitative estimate of drug-likeness (QED) is 0.559. The van der Waals surface area contributed by atoms with Gasteiger partial charge < -0.3 is 19.5 Å². The van der Waals surface area contributed by atoms with E-state index in [0.717, 1.165) is 57.3 Å². The van der Waals surface area contributed by atoms with Gasteiger partial charge in [-0.25, -0.2) is 0 Å². The molecule has 7 nitrogen and oxygen atoms in total. The van der Waals surface area contributed by atoms with Crippen molar-refractivity contribution >= 4 is 5.96 Å². The molecule has 7 heteroatoms. The minimum Gasteiger partial charge on any atom is -0.376 e. The predicted octanol–water partition coefficient (Wildman–Crippen LogP) is 2.41. The van der Waals surface area contributed by atoms with Crippen molar-refractivity contribution in [3.05, 3.63) is 47.5 Å². The van der Waals surface area contributed by atoms with E-state index in [1.54, 1.807) is 6.33 Å². The molecule has 1 aliphatic heterocycles. The first-order chi connectivity index (χ1) is 13.7. The van der Waals surface area contributed by atoms with Crippen LogP contribution in [0.4, 0.5) is 0 Å². The monoisotopic (exact) mass is 384 g/mol. The van der Waals surface area contributed by atoms with Crippen LogP contribution in [0.25, 0.3) is 0 Å². The Kier molecular flexibility index (Phi) is 7.42. The molecule has 28 heavy (non-hydrogen) atoms. The van der Waals surface area contributed by atoms with E-state index in [1.807, 2.05) is 0 Å². The second kappa shape index (κ2) is 10.2. The normalized spacial score (nSPS) is 17.1. The smallest absolute Gasteiger partial charge is 0.194 e. The maximum atomic E-state index is 5.74. The summed E-state index contributed by atoms with van der Waals surface area (Å²) < 4.78 is 7.83. The molecule has 1 unspecified atom stereocenters. The second-order valence-corrected chi connectivity index (χ2v) is 7.30. The van der Waals surface area contributed by atoms with Crippen molar-refractivity contribution in [2.24, 2.45) is 4.99 Å². The van der Waals surface area contributed by atoms with E-state index in [1.165, 1.54) is 11.1 Å². The molecule has 1 aliphatic rings.